The molecule has 154 valence electrons. The van der Waals surface area contributed by atoms with Crippen LogP contribution in [0.1, 0.15) is 30.4 Å². The van der Waals surface area contributed by atoms with Crippen LogP contribution in [0.3, 0.4) is 0 Å². The minimum absolute atomic E-state index is 0.314. The molecule has 0 atom stereocenters. The highest BCUT2D eigenvalue weighted by Gasteiger charge is 2.24. The first-order valence-electron chi connectivity index (χ1n) is 10.7. The molecule has 2 aliphatic carbocycles. The second-order valence-electron chi connectivity index (χ2n) is 8.30. The summed E-state index contributed by atoms with van der Waals surface area (Å²) in [6.07, 6.45) is 9.84. The van der Waals surface area contributed by atoms with E-state index in [4.69, 9.17) is 9.97 Å². The van der Waals surface area contributed by atoms with Gasteiger partial charge in [-0.15, -0.1) is 0 Å². The van der Waals surface area contributed by atoms with Crippen molar-refractivity contribution < 1.29 is 4.79 Å². The molecule has 3 N–H and O–H groups in total. The van der Waals surface area contributed by atoms with Gasteiger partial charge in [0.1, 0.15) is 17.2 Å². The number of hydrogen-bond acceptors (Lipinski definition) is 6. The Hall–Kier alpha value is -3.74. The number of Topliss-reactive ketones (excluding diaryl/α,β-unsaturated/α-hetero) is 1. The van der Waals surface area contributed by atoms with Crippen molar-refractivity contribution in [3.8, 4) is 11.1 Å². The molecule has 7 nitrogen and oxygen atoms in total. The molecule has 2 aliphatic rings. The van der Waals surface area contributed by atoms with E-state index in [-0.39, 0.29) is 0 Å². The van der Waals surface area contributed by atoms with Crippen LogP contribution in [-0.2, 0) is 17.6 Å². The first kappa shape index (κ1) is 18.1. The molecule has 0 unspecified atom stereocenters. The molecule has 0 bridgehead atoms. The van der Waals surface area contributed by atoms with Crippen LogP contribution in [-0.4, -0.2) is 31.8 Å². The Labute approximate surface area is 179 Å². The average Bonchev–Trinajstić information content (AvgIpc) is 3.50. The van der Waals surface area contributed by atoms with Crippen molar-refractivity contribution in [3.63, 3.8) is 0 Å². The summed E-state index contributed by atoms with van der Waals surface area (Å²) in [5.41, 5.74) is 6.21. The lowest BCUT2D eigenvalue weighted by atomic mass is 9.90. The van der Waals surface area contributed by atoms with Crippen molar-refractivity contribution in [2.75, 3.05) is 10.6 Å². The summed E-state index contributed by atoms with van der Waals surface area (Å²) in [4.78, 5) is 28.7. The number of aryl methyl sites for hydroxylation is 1. The summed E-state index contributed by atoms with van der Waals surface area (Å²) in [7, 11) is 0. The number of hydrogen-bond donors (Lipinski definition) is 3. The molecule has 0 spiro atoms. The third-order valence-electron chi connectivity index (χ3n) is 5.96. The predicted molar refractivity (Wildman–Crippen MR) is 121 cm³/mol. The predicted octanol–water partition coefficient (Wildman–Crippen LogP) is 4.40. The number of carbonyl (C=O) groups is 1. The van der Waals surface area contributed by atoms with E-state index >= 15 is 0 Å². The van der Waals surface area contributed by atoms with Crippen LogP contribution in [0.4, 0.5) is 17.5 Å². The first-order valence-corrected chi connectivity index (χ1v) is 10.7. The molecule has 1 fully saturated rings. The van der Waals surface area contributed by atoms with E-state index in [1.807, 2.05) is 30.5 Å². The van der Waals surface area contributed by atoms with Gasteiger partial charge in [-0.25, -0.2) is 0 Å². The molecule has 3 aromatic heterocycles. The van der Waals surface area contributed by atoms with Gasteiger partial charge >= 0.3 is 0 Å². The molecular formula is C24H22N6O. The zero-order valence-electron chi connectivity index (χ0n) is 17.0. The van der Waals surface area contributed by atoms with Crippen molar-refractivity contribution in [1.82, 2.24) is 19.9 Å². The summed E-state index contributed by atoms with van der Waals surface area (Å²) in [5, 5.41) is 7.93. The van der Waals surface area contributed by atoms with Gasteiger partial charge < -0.3 is 15.6 Å². The van der Waals surface area contributed by atoms with E-state index in [1.165, 1.54) is 5.56 Å². The third-order valence-corrected chi connectivity index (χ3v) is 5.96. The SMILES string of the molecule is O=C1CCc2cc(Nc3nc(NC4CC4)c4c(-c5ccncc5)c[nH]c4n3)ccc2C1. The van der Waals surface area contributed by atoms with Gasteiger partial charge in [-0.2, -0.15) is 9.97 Å². The van der Waals surface area contributed by atoms with Gasteiger partial charge in [-0.3, -0.25) is 9.78 Å². The normalized spacial score (nSPS) is 15.7. The second-order valence-corrected chi connectivity index (χ2v) is 8.30. The summed E-state index contributed by atoms with van der Waals surface area (Å²) >= 11 is 0. The molecule has 7 heteroatoms. The fourth-order valence-electron chi connectivity index (χ4n) is 4.19. The van der Waals surface area contributed by atoms with Crippen molar-refractivity contribution in [2.45, 2.75) is 38.1 Å². The van der Waals surface area contributed by atoms with Crippen LogP contribution in [0.15, 0.2) is 48.9 Å². The van der Waals surface area contributed by atoms with Gasteiger partial charge in [-0.1, -0.05) is 6.07 Å². The Balaban J connectivity index is 1.38. The molecule has 0 aliphatic heterocycles. The topological polar surface area (TPSA) is 95.6 Å². The third kappa shape index (κ3) is 3.52. The number of carbonyl (C=O) groups excluding carboxylic acids is 1. The van der Waals surface area contributed by atoms with Crippen LogP contribution in [0.25, 0.3) is 22.2 Å². The van der Waals surface area contributed by atoms with E-state index < -0.39 is 0 Å². The van der Waals surface area contributed by atoms with E-state index in [2.05, 4.69) is 26.7 Å². The molecule has 31 heavy (non-hydrogen) atoms. The smallest absolute Gasteiger partial charge is 0.231 e. The molecule has 0 radical (unpaired) electrons. The standard InChI is InChI=1S/C24H22N6O/c31-19-6-2-15-11-18(3-1-16(15)12-19)28-24-29-22-21(23(30-24)27-17-4-5-17)20(13-26-22)14-7-9-25-10-8-14/h1,3,7-11,13,17H,2,4-6,12H2,(H3,26,27,28,29,30). The maximum absolute atomic E-state index is 11.7. The highest BCUT2D eigenvalue weighted by molar-refractivity contribution is 6.01. The second kappa shape index (κ2) is 7.19. The number of benzene rings is 1. The lowest BCUT2D eigenvalue weighted by Gasteiger charge is -2.16. The quantitative estimate of drug-likeness (QED) is 0.451. The highest BCUT2D eigenvalue weighted by atomic mass is 16.1. The van der Waals surface area contributed by atoms with Gasteiger partial charge in [0.05, 0.1) is 5.39 Å². The largest absolute Gasteiger partial charge is 0.367 e. The number of pyridine rings is 1. The minimum Gasteiger partial charge on any atom is -0.367 e. The van der Waals surface area contributed by atoms with Crippen LogP contribution >= 0.6 is 0 Å². The van der Waals surface area contributed by atoms with Crippen molar-refractivity contribution in [3.05, 3.63) is 60.0 Å². The van der Waals surface area contributed by atoms with E-state index in [9.17, 15) is 4.79 Å². The molecule has 1 saturated carbocycles. The fourth-order valence-corrected chi connectivity index (χ4v) is 4.19. The van der Waals surface area contributed by atoms with Crippen molar-refractivity contribution in [2.24, 2.45) is 0 Å². The van der Waals surface area contributed by atoms with Crippen LogP contribution in [0.2, 0.25) is 0 Å². The van der Waals surface area contributed by atoms with Crippen LogP contribution in [0, 0.1) is 0 Å². The van der Waals surface area contributed by atoms with Crippen molar-refractivity contribution >= 4 is 34.3 Å². The number of nitrogens with one attached hydrogen (secondary N) is 3. The van der Waals surface area contributed by atoms with Gasteiger partial charge in [-0.05, 0) is 60.2 Å². The van der Waals surface area contributed by atoms with E-state index in [1.54, 1.807) is 12.4 Å². The maximum atomic E-state index is 11.7. The number of aromatic nitrogens is 4. The van der Waals surface area contributed by atoms with E-state index in [0.29, 0.717) is 30.6 Å². The van der Waals surface area contributed by atoms with Crippen LogP contribution in [0.5, 0.6) is 0 Å². The Kier molecular flexibility index (Phi) is 4.19. The number of nitrogens with zero attached hydrogens (tertiary/aromatic N) is 3. The van der Waals surface area contributed by atoms with Crippen molar-refractivity contribution in [1.29, 1.82) is 0 Å². The lowest BCUT2D eigenvalue weighted by molar-refractivity contribution is -0.118. The molecule has 6 rings (SSSR count). The van der Waals surface area contributed by atoms with E-state index in [0.717, 1.165) is 58.5 Å². The zero-order valence-corrected chi connectivity index (χ0v) is 17.0. The first-order chi connectivity index (χ1) is 15.2. The van der Waals surface area contributed by atoms with Gasteiger partial charge in [0, 0.05) is 48.7 Å². The number of rotatable bonds is 5. The highest BCUT2D eigenvalue weighted by Crippen LogP contribution is 2.36. The summed E-state index contributed by atoms with van der Waals surface area (Å²) in [6.45, 7) is 0. The number of fused-ring (bicyclic) bond motifs is 2. The Morgan fingerprint density at radius 1 is 1.00 bits per heavy atom. The fraction of sp³-hybridized carbons (Fsp3) is 0.250. The molecule has 1 aromatic carbocycles. The number of H-pyrrole nitrogens is 1. The summed E-state index contributed by atoms with van der Waals surface area (Å²) < 4.78 is 0. The Morgan fingerprint density at radius 3 is 2.71 bits per heavy atom. The van der Waals surface area contributed by atoms with Gasteiger partial charge in [0.25, 0.3) is 0 Å². The number of anilines is 3. The van der Waals surface area contributed by atoms with Gasteiger partial charge in [0.15, 0.2) is 0 Å². The average molecular weight is 410 g/mol. The lowest BCUT2D eigenvalue weighted by Crippen LogP contribution is -2.13. The molecule has 0 amide bonds. The minimum atomic E-state index is 0.314. The molecule has 4 aromatic rings. The van der Waals surface area contributed by atoms with Crippen LogP contribution < -0.4 is 10.6 Å². The number of ketones is 1. The number of aromatic amines is 1. The summed E-state index contributed by atoms with van der Waals surface area (Å²) in [6, 6.07) is 10.6. The maximum Gasteiger partial charge on any atom is 0.231 e. The molecular weight excluding hydrogens is 388 g/mol. The zero-order chi connectivity index (χ0) is 20.8. The van der Waals surface area contributed by atoms with Gasteiger partial charge in [0.2, 0.25) is 5.95 Å². The summed E-state index contributed by atoms with van der Waals surface area (Å²) in [5.74, 6) is 1.70. The Bertz CT molecular complexity index is 1290. The monoisotopic (exact) mass is 410 g/mol. The molecule has 3 heterocycles. The Morgan fingerprint density at radius 2 is 1.87 bits per heavy atom. The molecule has 0 saturated heterocycles.